The van der Waals surface area contributed by atoms with Gasteiger partial charge in [-0.25, -0.2) is 4.98 Å². The van der Waals surface area contributed by atoms with Gasteiger partial charge in [-0.2, -0.15) is 0 Å². The second-order valence-corrected chi connectivity index (χ2v) is 6.05. The Morgan fingerprint density at radius 1 is 1.24 bits per heavy atom. The number of pyridine rings is 2. The van der Waals surface area contributed by atoms with Gasteiger partial charge in [0.15, 0.2) is 0 Å². The molecular formula is C16H20BrN3O. The lowest BCUT2D eigenvalue weighted by molar-refractivity contribution is 0.456. The molecule has 0 saturated carbocycles. The van der Waals surface area contributed by atoms with Crippen LogP contribution in [0, 0.1) is 0 Å². The van der Waals surface area contributed by atoms with Crippen molar-refractivity contribution in [1.82, 2.24) is 15.3 Å². The average Bonchev–Trinajstić information content (AvgIpc) is 2.45. The third-order valence-corrected chi connectivity index (χ3v) is 3.33. The van der Waals surface area contributed by atoms with E-state index >= 15 is 0 Å². The number of ether oxygens (including phenoxy) is 1. The van der Waals surface area contributed by atoms with E-state index in [1.807, 2.05) is 12.1 Å². The van der Waals surface area contributed by atoms with Crippen molar-refractivity contribution < 1.29 is 4.74 Å². The Balaban J connectivity index is 2.19. The van der Waals surface area contributed by atoms with E-state index in [0.29, 0.717) is 17.7 Å². The number of rotatable bonds is 6. The van der Waals surface area contributed by atoms with Crippen LogP contribution in [0.4, 0.5) is 0 Å². The smallest absolute Gasteiger partial charge is 0.219 e. The number of nitrogens with zero attached hydrogens (tertiary/aromatic N) is 2. The highest BCUT2D eigenvalue weighted by molar-refractivity contribution is 9.10. The van der Waals surface area contributed by atoms with Crippen LogP contribution in [0.3, 0.4) is 0 Å². The van der Waals surface area contributed by atoms with Crippen molar-refractivity contribution in [2.45, 2.75) is 39.8 Å². The summed E-state index contributed by atoms with van der Waals surface area (Å²) < 4.78 is 6.70. The molecule has 4 nitrogen and oxygen atoms in total. The number of nitrogens with one attached hydrogen (secondary N) is 1. The summed E-state index contributed by atoms with van der Waals surface area (Å²) in [7, 11) is 0. The van der Waals surface area contributed by atoms with Gasteiger partial charge in [0, 0.05) is 35.0 Å². The molecule has 0 atom stereocenters. The van der Waals surface area contributed by atoms with Gasteiger partial charge in [0.2, 0.25) is 5.88 Å². The van der Waals surface area contributed by atoms with Gasteiger partial charge in [-0.1, -0.05) is 20.8 Å². The highest BCUT2D eigenvalue weighted by Crippen LogP contribution is 2.23. The minimum atomic E-state index is 0.446. The van der Waals surface area contributed by atoms with Crippen molar-refractivity contribution in [3.63, 3.8) is 0 Å². The van der Waals surface area contributed by atoms with Gasteiger partial charge in [0.1, 0.15) is 5.75 Å². The average molecular weight is 350 g/mol. The molecule has 0 aliphatic rings. The summed E-state index contributed by atoms with van der Waals surface area (Å²) >= 11 is 3.39. The van der Waals surface area contributed by atoms with E-state index in [0.717, 1.165) is 23.1 Å². The quantitative estimate of drug-likeness (QED) is 0.852. The van der Waals surface area contributed by atoms with Gasteiger partial charge in [-0.05, 0) is 40.0 Å². The normalized spacial score (nSPS) is 10.9. The molecule has 112 valence electrons. The van der Waals surface area contributed by atoms with Crippen LogP contribution in [-0.4, -0.2) is 16.0 Å². The molecule has 0 fully saturated rings. The van der Waals surface area contributed by atoms with E-state index in [9.17, 15) is 0 Å². The lowest BCUT2D eigenvalue weighted by Gasteiger charge is -2.11. The lowest BCUT2D eigenvalue weighted by atomic mass is 10.2. The molecular weight excluding hydrogens is 330 g/mol. The second kappa shape index (κ2) is 7.52. The predicted molar refractivity (Wildman–Crippen MR) is 87.6 cm³/mol. The molecule has 0 aliphatic carbocycles. The lowest BCUT2D eigenvalue weighted by Crippen LogP contribution is -2.22. The van der Waals surface area contributed by atoms with E-state index in [-0.39, 0.29) is 0 Å². The molecule has 5 heteroatoms. The molecule has 2 heterocycles. The van der Waals surface area contributed by atoms with E-state index in [2.05, 4.69) is 58.1 Å². The Hall–Kier alpha value is -1.46. The van der Waals surface area contributed by atoms with Crippen LogP contribution in [0.2, 0.25) is 0 Å². The number of hydrogen-bond acceptors (Lipinski definition) is 4. The summed E-state index contributed by atoms with van der Waals surface area (Å²) in [4.78, 5) is 8.60. The van der Waals surface area contributed by atoms with E-state index < -0.39 is 0 Å². The maximum Gasteiger partial charge on any atom is 0.219 e. The molecule has 0 bridgehead atoms. The third kappa shape index (κ3) is 5.10. The number of aryl methyl sites for hydroxylation is 1. The van der Waals surface area contributed by atoms with Crippen LogP contribution < -0.4 is 10.1 Å². The Morgan fingerprint density at radius 3 is 2.71 bits per heavy atom. The first-order valence-electron chi connectivity index (χ1n) is 7.08. The van der Waals surface area contributed by atoms with Crippen molar-refractivity contribution in [2.24, 2.45) is 0 Å². The van der Waals surface area contributed by atoms with Crippen LogP contribution in [0.1, 0.15) is 32.0 Å². The third-order valence-electron chi connectivity index (χ3n) is 2.89. The molecule has 2 rings (SSSR count). The maximum absolute atomic E-state index is 5.82. The van der Waals surface area contributed by atoms with Crippen molar-refractivity contribution in [3.8, 4) is 11.6 Å². The maximum atomic E-state index is 5.82. The van der Waals surface area contributed by atoms with Gasteiger partial charge in [-0.3, -0.25) is 4.98 Å². The molecule has 0 amide bonds. The summed E-state index contributed by atoms with van der Waals surface area (Å²) in [5, 5.41) is 3.41. The van der Waals surface area contributed by atoms with Crippen molar-refractivity contribution >= 4 is 15.9 Å². The zero-order valence-electron chi connectivity index (χ0n) is 12.6. The van der Waals surface area contributed by atoms with Gasteiger partial charge >= 0.3 is 0 Å². The molecule has 1 N–H and O–H groups in total. The monoisotopic (exact) mass is 349 g/mol. The van der Waals surface area contributed by atoms with Gasteiger partial charge < -0.3 is 10.1 Å². The van der Waals surface area contributed by atoms with E-state index in [4.69, 9.17) is 4.74 Å². The van der Waals surface area contributed by atoms with Gasteiger partial charge in [0.25, 0.3) is 0 Å². The Bertz CT molecular complexity index is 602. The van der Waals surface area contributed by atoms with Crippen LogP contribution in [0.5, 0.6) is 11.6 Å². The molecule has 0 spiro atoms. The minimum absolute atomic E-state index is 0.446. The zero-order valence-corrected chi connectivity index (χ0v) is 14.1. The summed E-state index contributed by atoms with van der Waals surface area (Å²) in [6.07, 6.45) is 4.28. The van der Waals surface area contributed by atoms with Crippen molar-refractivity contribution in [2.75, 3.05) is 0 Å². The van der Waals surface area contributed by atoms with Crippen LogP contribution in [0.25, 0.3) is 0 Å². The second-order valence-electron chi connectivity index (χ2n) is 5.14. The summed E-state index contributed by atoms with van der Waals surface area (Å²) in [6, 6.07) is 6.40. The summed E-state index contributed by atoms with van der Waals surface area (Å²) in [5.74, 6) is 1.28. The Kier molecular flexibility index (Phi) is 5.70. The first-order valence-corrected chi connectivity index (χ1v) is 7.87. The molecule has 2 aromatic rings. The van der Waals surface area contributed by atoms with Crippen molar-refractivity contribution in [3.05, 3.63) is 46.3 Å². The first-order chi connectivity index (χ1) is 10.1. The topological polar surface area (TPSA) is 47.0 Å². The minimum Gasteiger partial charge on any atom is -0.437 e. The highest BCUT2D eigenvalue weighted by Gasteiger charge is 2.06. The molecule has 0 aliphatic heterocycles. The van der Waals surface area contributed by atoms with Crippen molar-refractivity contribution in [1.29, 1.82) is 0 Å². The number of aromatic nitrogens is 2. The molecule has 0 unspecified atom stereocenters. The summed E-state index contributed by atoms with van der Waals surface area (Å²) in [6.45, 7) is 7.16. The zero-order chi connectivity index (χ0) is 15.2. The molecule has 21 heavy (non-hydrogen) atoms. The fourth-order valence-electron chi connectivity index (χ4n) is 1.85. The van der Waals surface area contributed by atoms with Gasteiger partial charge in [0.05, 0.1) is 6.20 Å². The van der Waals surface area contributed by atoms with Gasteiger partial charge in [-0.15, -0.1) is 0 Å². The fourth-order valence-corrected chi connectivity index (χ4v) is 2.19. The molecule has 0 aromatic carbocycles. The van der Waals surface area contributed by atoms with Crippen LogP contribution >= 0.6 is 15.9 Å². The molecule has 0 saturated heterocycles. The predicted octanol–water partition coefficient (Wildman–Crippen LogP) is 4.09. The SMILES string of the molecule is CCc1cc(CNC(C)C)cc(Oc2cncc(Br)c2)n1. The van der Waals surface area contributed by atoms with E-state index in [1.165, 1.54) is 5.56 Å². The Morgan fingerprint density at radius 2 is 2.05 bits per heavy atom. The molecule has 2 aromatic heterocycles. The first kappa shape index (κ1) is 15.9. The number of halogens is 1. The van der Waals surface area contributed by atoms with E-state index in [1.54, 1.807) is 12.4 Å². The molecule has 0 radical (unpaired) electrons. The number of hydrogen-bond donors (Lipinski definition) is 1. The highest BCUT2D eigenvalue weighted by atomic mass is 79.9. The summed E-state index contributed by atoms with van der Waals surface area (Å²) in [5.41, 5.74) is 2.20. The van der Waals surface area contributed by atoms with Crippen LogP contribution in [0.15, 0.2) is 35.1 Å². The van der Waals surface area contributed by atoms with Crippen LogP contribution in [-0.2, 0) is 13.0 Å². The Labute approximate surface area is 134 Å². The largest absolute Gasteiger partial charge is 0.437 e. The standard InChI is InChI=1S/C16H20BrN3O/c1-4-14-5-12(8-19-11(2)3)6-16(20-14)21-15-7-13(17)9-18-10-15/h5-7,9-11,19H,4,8H2,1-3H3. The fraction of sp³-hybridized carbons (Fsp3) is 0.375.